The summed E-state index contributed by atoms with van der Waals surface area (Å²) in [5, 5.41) is 10.4. The summed E-state index contributed by atoms with van der Waals surface area (Å²) in [7, 11) is 0. The van der Waals surface area contributed by atoms with E-state index in [1.807, 2.05) is 71.0 Å². The molecule has 1 aliphatic carbocycles. The van der Waals surface area contributed by atoms with Crippen molar-refractivity contribution in [3.8, 4) is 17.6 Å². The average Bonchev–Trinajstić information content (AvgIpc) is 3.26. The molecule has 5 heteroatoms. The number of ether oxygens (including phenoxy) is 2. The number of nitriles is 1. The standard InChI is InChI=1S/C26H28ClNO3/c1-25(2,3)22(27)15-20-23(26(20,4)5)24(29)31-21(16-28)17-10-9-13-19(14-17)30-18-11-7-6-8-12-18/h6-15,20-21,23H,1-5H3. The van der Waals surface area contributed by atoms with Gasteiger partial charge >= 0.3 is 5.97 Å². The molecule has 3 unspecified atom stereocenters. The van der Waals surface area contributed by atoms with Crippen molar-refractivity contribution in [1.82, 2.24) is 0 Å². The molecule has 1 saturated carbocycles. The Morgan fingerprint density at radius 2 is 1.77 bits per heavy atom. The lowest BCUT2D eigenvalue weighted by Gasteiger charge is -2.17. The lowest BCUT2D eigenvalue weighted by Crippen LogP contribution is -2.14. The summed E-state index contributed by atoms with van der Waals surface area (Å²) in [4.78, 5) is 12.9. The van der Waals surface area contributed by atoms with Gasteiger partial charge in [0, 0.05) is 10.6 Å². The second-order valence-electron chi connectivity index (χ2n) is 9.52. The van der Waals surface area contributed by atoms with Crippen molar-refractivity contribution in [3.05, 3.63) is 71.3 Å². The van der Waals surface area contributed by atoms with Crippen LogP contribution in [0.3, 0.4) is 0 Å². The Morgan fingerprint density at radius 3 is 2.39 bits per heavy atom. The van der Waals surface area contributed by atoms with Crippen molar-refractivity contribution in [1.29, 1.82) is 5.26 Å². The summed E-state index contributed by atoms with van der Waals surface area (Å²) >= 11 is 6.44. The molecule has 1 fully saturated rings. The third-order valence-electron chi connectivity index (χ3n) is 5.70. The van der Waals surface area contributed by atoms with E-state index in [0.29, 0.717) is 17.1 Å². The van der Waals surface area contributed by atoms with Crippen LogP contribution in [-0.4, -0.2) is 5.97 Å². The summed E-state index contributed by atoms with van der Waals surface area (Å²) < 4.78 is 11.5. The van der Waals surface area contributed by atoms with E-state index in [-0.39, 0.29) is 28.6 Å². The van der Waals surface area contributed by atoms with E-state index in [0.717, 1.165) is 5.03 Å². The van der Waals surface area contributed by atoms with E-state index in [9.17, 15) is 10.1 Å². The predicted molar refractivity (Wildman–Crippen MR) is 122 cm³/mol. The van der Waals surface area contributed by atoms with Crippen molar-refractivity contribution in [2.24, 2.45) is 22.7 Å². The highest BCUT2D eigenvalue weighted by Crippen LogP contribution is 2.60. The van der Waals surface area contributed by atoms with Crippen LogP contribution in [0.25, 0.3) is 0 Å². The SMILES string of the molecule is CC(C)(C)C(Cl)=CC1C(C(=O)OC(C#N)c2cccc(Oc3ccccc3)c2)C1(C)C. The molecule has 2 aromatic carbocycles. The summed E-state index contributed by atoms with van der Waals surface area (Å²) in [5.74, 6) is 0.535. The third kappa shape index (κ3) is 5.29. The Labute approximate surface area is 189 Å². The molecule has 0 saturated heterocycles. The second kappa shape index (κ2) is 8.77. The first-order chi connectivity index (χ1) is 14.5. The molecule has 31 heavy (non-hydrogen) atoms. The minimum absolute atomic E-state index is 0.0150. The first kappa shape index (κ1) is 22.9. The van der Waals surface area contributed by atoms with E-state index < -0.39 is 6.10 Å². The highest BCUT2D eigenvalue weighted by molar-refractivity contribution is 6.30. The van der Waals surface area contributed by atoms with Gasteiger partial charge in [-0.25, -0.2) is 0 Å². The third-order valence-corrected chi connectivity index (χ3v) is 6.39. The second-order valence-corrected chi connectivity index (χ2v) is 9.93. The number of esters is 1. The van der Waals surface area contributed by atoms with Crippen LogP contribution in [0.1, 0.15) is 46.3 Å². The Bertz CT molecular complexity index is 1010. The Kier molecular flexibility index (Phi) is 6.48. The Morgan fingerprint density at radius 1 is 1.13 bits per heavy atom. The maximum absolute atomic E-state index is 12.9. The quantitative estimate of drug-likeness (QED) is 0.455. The summed E-state index contributed by atoms with van der Waals surface area (Å²) in [6.45, 7) is 10.1. The number of hydrogen-bond acceptors (Lipinski definition) is 4. The molecule has 3 rings (SSSR count). The number of nitrogens with zero attached hydrogens (tertiary/aromatic N) is 1. The van der Waals surface area contributed by atoms with Gasteiger partial charge in [-0.3, -0.25) is 4.79 Å². The number of allylic oxidation sites excluding steroid dienone is 2. The topological polar surface area (TPSA) is 59.3 Å². The van der Waals surface area contributed by atoms with Crippen LogP contribution in [0, 0.1) is 34.0 Å². The highest BCUT2D eigenvalue weighted by Gasteiger charge is 2.62. The molecule has 0 bridgehead atoms. The zero-order chi connectivity index (χ0) is 22.8. The maximum atomic E-state index is 12.9. The zero-order valence-corrected chi connectivity index (χ0v) is 19.3. The Balaban J connectivity index is 1.72. The van der Waals surface area contributed by atoms with Crippen molar-refractivity contribution in [2.75, 3.05) is 0 Å². The molecule has 4 nitrogen and oxygen atoms in total. The number of carbonyl (C=O) groups is 1. The van der Waals surface area contributed by atoms with E-state index in [4.69, 9.17) is 21.1 Å². The van der Waals surface area contributed by atoms with E-state index >= 15 is 0 Å². The summed E-state index contributed by atoms with van der Waals surface area (Å²) in [6, 6.07) is 18.5. The van der Waals surface area contributed by atoms with Gasteiger partial charge in [-0.15, -0.1) is 0 Å². The van der Waals surface area contributed by atoms with Gasteiger partial charge in [0.1, 0.15) is 17.6 Å². The van der Waals surface area contributed by atoms with Crippen LogP contribution in [0.2, 0.25) is 0 Å². The van der Waals surface area contributed by atoms with Crippen molar-refractivity contribution in [3.63, 3.8) is 0 Å². The van der Waals surface area contributed by atoms with Crippen LogP contribution >= 0.6 is 11.6 Å². The predicted octanol–water partition coefficient (Wildman–Crippen LogP) is 7.03. The van der Waals surface area contributed by atoms with Gasteiger partial charge in [0.25, 0.3) is 0 Å². The molecule has 0 N–H and O–H groups in total. The molecular weight excluding hydrogens is 410 g/mol. The number of benzene rings is 2. The number of rotatable bonds is 6. The fourth-order valence-electron chi connectivity index (χ4n) is 3.57. The number of para-hydroxylation sites is 1. The molecule has 3 atom stereocenters. The average molecular weight is 438 g/mol. The minimum atomic E-state index is -1.01. The molecule has 0 aliphatic heterocycles. The normalized spacial score (nSPS) is 21.0. The van der Waals surface area contributed by atoms with Crippen molar-refractivity contribution in [2.45, 2.75) is 40.7 Å². The van der Waals surface area contributed by atoms with E-state index in [2.05, 4.69) is 6.07 Å². The molecule has 2 aromatic rings. The minimum Gasteiger partial charge on any atom is -0.457 e. The first-order valence-electron chi connectivity index (χ1n) is 10.3. The first-order valence-corrected chi connectivity index (χ1v) is 10.7. The zero-order valence-electron chi connectivity index (χ0n) is 18.6. The number of halogens is 1. The largest absolute Gasteiger partial charge is 0.457 e. The number of hydrogen-bond donors (Lipinski definition) is 0. The van der Waals surface area contributed by atoms with Crippen LogP contribution in [0.5, 0.6) is 11.5 Å². The highest BCUT2D eigenvalue weighted by atomic mass is 35.5. The molecule has 1 aliphatic rings. The van der Waals surface area contributed by atoms with Crippen LogP contribution in [-0.2, 0) is 9.53 Å². The summed E-state index contributed by atoms with van der Waals surface area (Å²) in [5.41, 5.74) is 0.131. The fraction of sp³-hybridized carbons (Fsp3) is 0.385. The van der Waals surface area contributed by atoms with Gasteiger partial charge in [0.15, 0.2) is 0 Å². The van der Waals surface area contributed by atoms with Gasteiger partial charge in [-0.1, -0.05) is 82.6 Å². The fourth-order valence-corrected chi connectivity index (χ4v) is 3.71. The molecule has 0 aromatic heterocycles. The smallest absolute Gasteiger partial charge is 0.311 e. The monoisotopic (exact) mass is 437 g/mol. The van der Waals surface area contributed by atoms with E-state index in [1.54, 1.807) is 24.3 Å². The van der Waals surface area contributed by atoms with Crippen LogP contribution < -0.4 is 4.74 Å². The van der Waals surface area contributed by atoms with Gasteiger partial charge < -0.3 is 9.47 Å². The van der Waals surface area contributed by atoms with Crippen LogP contribution in [0.4, 0.5) is 0 Å². The summed E-state index contributed by atoms with van der Waals surface area (Å²) in [6.07, 6.45) is 0.953. The maximum Gasteiger partial charge on any atom is 0.311 e. The van der Waals surface area contributed by atoms with Crippen LogP contribution in [0.15, 0.2) is 65.7 Å². The van der Waals surface area contributed by atoms with Gasteiger partial charge in [0.2, 0.25) is 6.10 Å². The molecular formula is C26H28ClNO3. The van der Waals surface area contributed by atoms with Crippen molar-refractivity contribution >= 4 is 17.6 Å². The van der Waals surface area contributed by atoms with Gasteiger partial charge in [-0.05, 0) is 41.0 Å². The lowest BCUT2D eigenvalue weighted by molar-refractivity contribution is -0.149. The Hall–Kier alpha value is -2.77. The molecule has 0 amide bonds. The molecule has 162 valence electrons. The molecule has 0 radical (unpaired) electrons. The number of carbonyl (C=O) groups excluding carboxylic acids is 1. The molecule has 0 heterocycles. The van der Waals surface area contributed by atoms with Crippen molar-refractivity contribution < 1.29 is 14.3 Å². The molecule has 0 spiro atoms. The lowest BCUT2D eigenvalue weighted by atomic mass is 9.94. The van der Waals surface area contributed by atoms with E-state index in [1.165, 1.54) is 0 Å². The van der Waals surface area contributed by atoms with Gasteiger partial charge in [0.05, 0.1) is 5.92 Å². The van der Waals surface area contributed by atoms with Gasteiger partial charge in [-0.2, -0.15) is 5.26 Å².